The Labute approximate surface area is 193 Å². The summed E-state index contributed by atoms with van der Waals surface area (Å²) in [7, 11) is 0. The molecule has 0 bridgehead atoms. The van der Waals surface area contributed by atoms with Crippen LogP contribution in [0.2, 0.25) is 15.1 Å². The van der Waals surface area contributed by atoms with Crippen LogP contribution >= 0.6 is 46.6 Å². The van der Waals surface area contributed by atoms with Crippen molar-refractivity contribution in [2.24, 2.45) is 5.92 Å². The highest BCUT2D eigenvalue weighted by molar-refractivity contribution is 7.99. The molecule has 5 nitrogen and oxygen atoms in total. The predicted octanol–water partition coefficient (Wildman–Crippen LogP) is 6.13. The third-order valence-corrected chi connectivity index (χ3v) is 6.30. The number of nitrogens with one attached hydrogen (secondary N) is 1. The predicted molar refractivity (Wildman–Crippen MR) is 126 cm³/mol. The summed E-state index contributed by atoms with van der Waals surface area (Å²) in [5, 5.41) is 5.04. The Morgan fingerprint density at radius 3 is 2.60 bits per heavy atom. The monoisotopic (exact) mass is 483 g/mol. The maximum Gasteiger partial charge on any atom is 0.262 e. The molecule has 0 unspecified atom stereocenters. The number of anilines is 1. The van der Waals surface area contributed by atoms with Gasteiger partial charge in [0.05, 0.1) is 26.7 Å². The zero-order valence-corrected chi connectivity index (χ0v) is 19.5. The Kier molecular flexibility index (Phi) is 7.69. The van der Waals surface area contributed by atoms with Crippen molar-refractivity contribution in [1.82, 2.24) is 9.55 Å². The summed E-state index contributed by atoms with van der Waals surface area (Å²) < 4.78 is 1.63. The van der Waals surface area contributed by atoms with Gasteiger partial charge in [-0.25, -0.2) is 4.98 Å². The minimum absolute atomic E-state index is 0.0838. The smallest absolute Gasteiger partial charge is 0.262 e. The fourth-order valence-corrected chi connectivity index (χ4v) is 4.06. The van der Waals surface area contributed by atoms with E-state index in [1.54, 1.807) is 41.0 Å². The normalized spacial score (nSPS) is 11.3. The summed E-state index contributed by atoms with van der Waals surface area (Å²) in [6.45, 7) is 4.71. The van der Waals surface area contributed by atoms with Gasteiger partial charge in [-0.2, -0.15) is 0 Å². The number of amides is 1. The molecule has 30 heavy (non-hydrogen) atoms. The second-order valence-electron chi connectivity index (χ2n) is 7.16. The minimum Gasteiger partial charge on any atom is -0.325 e. The van der Waals surface area contributed by atoms with Gasteiger partial charge < -0.3 is 5.32 Å². The first-order valence-corrected chi connectivity index (χ1v) is 11.4. The molecule has 1 heterocycles. The van der Waals surface area contributed by atoms with Crippen LogP contribution < -0.4 is 10.9 Å². The number of rotatable bonds is 7. The highest BCUT2D eigenvalue weighted by Crippen LogP contribution is 2.26. The zero-order valence-electron chi connectivity index (χ0n) is 16.4. The Hall–Kier alpha value is -1.73. The maximum atomic E-state index is 13.0. The summed E-state index contributed by atoms with van der Waals surface area (Å²) in [6, 6.07) is 9.89. The van der Waals surface area contributed by atoms with Crippen molar-refractivity contribution in [1.29, 1.82) is 0 Å². The molecule has 0 aliphatic carbocycles. The standard InChI is InChI=1S/C21H20Cl3N3O2S/c1-12(2)7-8-27-20(29)15-5-3-13(22)9-18(15)26-21(27)30-11-19(28)25-14-4-6-16(23)17(24)10-14/h3-6,9-10,12H,7-8,11H2,1-2H3,(H,25,28). The first kappa shape index (κ1) is 22.9. The molecule has 0 spiro atoms. The fourth-order valence-electron chi connectivity index (χ4n) is 2.77. The van der Waals surface area contributed by atoms with Crippen LogP contribution in [0.15, 0.2) is 46.3 Å². The highest BCUT2D eigenvalue weighted by atomic mass is 35.5. The molecule has 1 amide bonds. The van der Waals surface area contributed by atoms with Crippen molar-refractivity contribution < 1.29 is 4.79 Å². The van der Waals surface area contributed by atoms with Crippen LogP contribution in [0.1, 0.15) is 20.3 Å². The maximum absolute atomic E-state index is 13.0. The Morgan fingerprint density at radius 2 is 1.90 bits per heavy atom. The van der Waals surface area contributed by atoms with Gasteiger partial charge in [-0.05, 0) is 48.7 Å². The van der Waals surface area contributed by atoms with E-state index in [4.69, 9.17) is 34.8 Å². The van der Waals surface area contributed by atoms with E-state index >= 15 is 0 Å². The molecule has 0 aliphatic heterocycles. The van der Waals surface area contributed by atoms with Crippen LogP contribution in [0, 0.1) is 5.92 Å². The molecule has 1 N–H and O–H groups in total. The molecular weight excluding hydrogens is 465 g/mol. The summed E-state index contributed by atoms with van der Waals surface area (Å²) in [5.41, 5.74) is 0.927. The number of thioether (sulfide) groups is 1. The van der Waals surface area contributed by atoms with Gasteiger partial charge >= 0.3 is 0 Å². The van der Waals surface area contributed by atoms with Crippen molar-refractivity contribution in [3.63, 3.8) is 0 Å². The SMILES string of the molecule is CC(C)CCn1c(SCC(=O)Nc2ccc(Cl)c(Cl)c2)nc2cc(Cl)ccc2c1=O. The lowest BCUT2D eigenvalue weighted by Crippen LogP contribution is -2.25. The van der Waals surface area contributed by atoms with Crippen LogP contribution in [0.4, 0.5) is 5.69 Å². The molecule has 1 aromatic heterocycles. The molecule has 158 valence electrons. The van der Waals surface area contributed by atoms with Crippen LogP contribution in [0.3, 0.4) is 0 Å². The molecule has 2 aromatic carbocycles. The second kappa shape index (κ2) is 10.1. The fraction of sp³-hybridized carbons (Fsp3) is 0.286. The first-order chi connectivity index (χ1) is 14.2. The number of hydrogen-bond acceptors (Lipinski definition) is 4. The van der Waals surface area contributed by atoms with Crippen molar-refractivity contribution in [2.45, 2.75) is 32.0 Å². The van der Waals surface area contributed by atoms with Crippen LogP contribution in [0.25, 0.3) is 10.9 Å². The van der Waals surface area contributed by atoms with E-state index in [1.807, 2.05) is 0 Å². The van der Waals surface area contributed by atoms with Gasteiger partial charge in [-0.15, -0.1) is 0 Å². The average Bonchev–Trinajstić information content (AvgIpc) is 2.68. The lowest BCUT2D eigenvalue weighted by atomic mass is 10.1. The number of halogens is 3. The summed E-state index contributed by atoms with van der Waals surface area (Å²) in [6.07, 6.45) is 0.823. The van der Waals surface area contributed by atoms with Gasteiger partial charge in [0.1, 0.15) is 0 Å². The van der Waals surface area contributed by atoms with Gasteiger partial charge in [-0.3, -0.25) is 14.2 Å². The lowest BCUT2D eigenvalue weighted by molar-refractivity contribution is -0.113. The largest absolute Gasteiger partial charge is 0.325 e. The van der Waals surface area contributed by atoms with Gasteiger partial charge in [0.25, 0.3) is 5.56 Å². The van der Waals surface area contributed by atoms with Crippen molar-refractivity contribution in [2.75, 3.05) is 11.1 Å². The molecular formula is C21H20Cl3N3O2S. The lowest BCUT2D eigenvalue weighted by Gasteiger charge is -2.14. The van der Waals surface area contributed by atoms with E-state index in [2.05, 4.69) is 24.1 Å². The molecule has 0 radical (unpaired) electrons. The third kappa shape index (κ3) is 5.70. The molecule has 9 heteroatoms. The zero-order chi connectivity index (χ0) is 21.8. The number of fused-ring (bicyclic) bond motifs is 1. The highest BCUT2D eigenvalue weighted by Gasteiger charge is 2.14. The number of carbonyl (C=O) groups is 1. The Bertz CT molecular complexity index is 1150. The second-order valence-corrected chi connectivity index (χ2v) is 9.35. The van der Waals surface area contributed by atoms with Crippen molar-refractivity contribution >= 4 is 69.1 Å². The summed E-state index contributed by atoms with van der Waals surface area (Å²) >= 11 is 19.2. The first-order valence-electron chi connectivity index (χ1n) is 9.32. The van der Waals surface area contributed by atoms with E-state index in [9.17, 15) is 9.59 Å². The minimum atomic E-state index is -0.241. The number of aromatic nitrogens is 2. The summed E-state index contributed by atoms with van der Waals surface area (Å²) in [4.78, 5) is 30.0. The third-order valence-electron chi connectivity index (χ3n) is 4.35. The van der Waals surface area contributed by atoms with E-state index in [1.165, 1.54) is 11.8 Å². The molecule has 0 saturated heterocycles. The average molecular weight is 485 g/mol. The quantitative estimate of drug-likeness (QED) is 0.323. The van der Waals surface area contributed by atoms with Crippen LogP contribution in [0.5, 0.6) is 0 Å². The van der Waals surface area contributed by atoms with E-state index in [0.717, 1.165) is 6.42 Å². The molecule has 0 aliphatic rings. The number of carbonyl (C=O) groups excluding carboxylic acids is 1. The van der Waals surface area contributed by atoms with E-state index in [0.29, 0.717) is 49.3 Å². The van der Waals surface area contributed by atoms with Crippen molar-refractivity contribution in [3.05, 3.63) is 61.8 Å². The van der Waals surface area contributed by atoms with Crippen molar-refractivity contribution in [3.8, 4) is 0 Å². The Morgan fingerprint density at radius 1 is 1.13 bits per heavy atom. The van der Waals surface area contributed by atoms with Gasteiger partial charge in [-0.1, -0.05) is 60.4 Å². The van der Waals surface area contributed by atoms with E-state index < -0.39 is 0 Å². The number of benzene rings is 2. The van der Waals surface area contributed by atoms with Crippen LogP contribution in [-0.2, 0) is 11.3 Å². The topological polar surface area (TPSA) is 64.0 Å². The molecule has 3 aromatic rings. The van der Waals surface area contributed by atoms with E-state index in [-0.39, 0.29) is 17.2 Å². The summed E-state index contributed by atoms with van der Waals surface area (Å²) in [5.74, 6) is 0.267. The number of hydrogen-bond donors (Lipinski definition) is 1. The molecule has 0 fully saturated rings. The number of nitrogens with zero attached hydrogens (tertiary/aromatic N) is 2. The van der Waals surface area contributed by atoms with Crippen LogP contribution in [-0.4, -0.2) is 21.2 Å². The molecule has 0 saturated carbocycles. The van der Waals surface area contributed by atoms with Gasteiger partial charge in [0, 0.05) is 17.3 Å². The molecule has 3 rings (SSSR count). The van der Waals surface area contributed by atoms with Gasteiger partial charge in [0.2, 0.25) is 5.91 Å². The Balaban J connectivity index is 1.83. The molecule has 0 atom stereocenters. The van der Waals surface area contributed by atoms with Gasteiger partial charge in [0.15, 0.2) is 5.16 Å².